The van der Waals surface area contributed by atoms with Crippen LogP contribution in [0.15, 0.2) is 51.7 Å². The van der Waals surface area contributed by atoms with Crippen LogP contribution in [-0.2, 0) is 4.79 Å². The average Bonchev–Trinajstić information content (AvgIpc) is 2.67. The number of fused-ring (bicyclic) bond motifs is 1. The highest BCUT2D eigenvalue weighted by Crippen LogP contribution is 2.31. The summed E-state index contributed by atoms with van der Waals surface area (Å²) >= 11 is 6.27. The van der Waals surface area contributed by atoms with Gasteiger partial charge in [0.2, 0.25) is 0 Å². The number of ether oxygens (including phenoxy) is 1. The third-order valence-electron chi connectivity index (χ3n) is 4.74. The molecule has 0 aliphatic rings. The first kappa shape index (κ1) is 20.0. The number of aryl methyl sites for hydroxylation is 1. The van der Waals surface area contributed by atoms with E-state index in [2.05, 4.69) is 19.2 Å². The van der Waals surface area contributed by atoms with Gasteiger partial charge in [-0.2, -0.15) is 0 Å². The van der Waals surface area contributed by atoms with Crippen LogP contribution in [0.25, 0.3) is 11.0 Å². The van der Waals surface area contributed by atoms with E-state index in [4.69, 9.17) is 20.8 Å². The molecule has 1 N–H and O–H groups in total. The molecule has 0 aliphatic heterocycles. The first-order valence-electron chi connectivity index (χ1n) is 9.14. The minimum atomic E-state index is -0.447. The van der Waals surface area contributed by atoms with Crippen molar-refractivity contribution in [2.75, 3.05) is 11.9 Å². The molecular weight excluding hydrogens is 378 g/mol. The van der Waals surface area contributed by atoms with Gasteiger partial charge >= 0.3 is 5.63 Å². The quantitative estimate of drug-likeness (QED) is 0.572. The number of anilines is 1. The molecule has 0 radical (unpaired) electrons. The van der Waals surface area contributed by atoms with E-state index in [0.29, 0.717) is 16.5 Å². The second-order valence-corrected chi connectivity index (χ2v) is 7.17. The van der Waals surface area contributed by atoms with Crippen molar-refractivity contribution in [1.82, 2.24) is 0 Å². The summed E-state index contributed by atoms with van der Waals surface area (Å²) in [6, 6.07) is 12.3. The predicted octanol–water partition coefficient (Wildman–Crippen LogP) is 5.29. The number of rotatable bonds is 6. The van der Waals surface area contributed by atoms with Crippen LogP contribution in [0.1, 0.15) is 37.3 Å². The average molecular weight is 400 g/mol. The number of hydrogen-bond donors (Lipinski definition) is 1. The number of nitrogens with one attached hydrogen (secondary N) is 1. The van der Waals surface area contributed by atoms with E-state index < -0.39 is 5.63 Å². The summed E-state index contributed by atoms with van der Waals surface area (Å²) in [5, 5.41) is 3.96. The van der Waals surface area contributed by atoms with Crippen LogP contribution in [0.5, 0.6) is 5.75 Å². The summed E-state index contributed by atoms with van der Waals surface area (Å²) in [5.74, 6) is 0.323. The standard InChI is InChI=1S/C22H22ClNO4/c1-4-13(2)15-7-5-6-8-18(15)24-21(25)12-27-20-11-19-16(10-17(20)23)14(3)9-22(26)28-19/h5-11,13H,4,12H2,1-3H3,(H,24,25)/t13-/m0/s1. The molecule has 0 aliphatic carbocycles. The Hall–Kier alpha value is -2.79. The number of amides is 1. The third kappa shape index (κ3) is 4.37. The zero-order valence-corrected chi connectivity index (χ0v) is 16.8. The lowest BCUT2D eigenvalue weighted by molar-refractivity contribution is -0.118. The monoisotopic (exact) mass is 399 g/mol. The molecule has 1 aromatic heterocycles. The van der Waals surface area contributed by atoms with E-state index in [0.717, 1.165) is 28.6 Å². The van der Waals surface area contributed by atoms with E-state index in [1.165, 1.54) is 12.1 Å². The lowest BCUT2D eigenvalue weighted by Crippen LogP contribution is -2.21. The summed E-state index contributed by atoms with van der Waals surface area (Å²) in [5.41, 5.74) is 2.54. The Balaban J connectivity index is 1.75. The van der Waals surface area contributed by atoms with E-state index in [1.807, 2.05) is 24.3 Å². The molecule has 3 aromatic rings. The Morgan fingerprint density at radius 2 is 2.00 bits per heavy atom. The Morgan fingerprint density at radius 1 is 1.25 bits per heavy atom. The van der Waals surface area contributed by atoms with Crippen LogP contribution in [-0.4, -0.2) is 12.5 Å². The molecule has 5 nitrogen and oxygen atoms in total. The van der Waals surface area contributed by atoms with Gasteiger partial charge in [0.1, 0.15) is 11.3 Å². The lowest BCUT2D eigenvalue weighted by Gasteiger charge is -2.16. The van der Waals surface area contributed by atoms with Gasteiger partial charge in [0.25, 0.3) is 5.91 Å². The van der Waals surface area contributed by atoms with Crippen LogP contribution >= 0.6 is 11.6 Å². The maximum atomic E-state index is 12.4. The number of halogens is 1. The van der Waals surface area contributed by atoms with Crippen LogP contribution in [0.2, 0.25) is 5.02 Å². The summed E-state index contributed by atoms with van der Waals surface area (Å²) < 4.78 is 10.8. The third-order valence-corrected chi connectivity index (χ3v) is 5.04. The second kappa shape index (κ2) is 8.48. The SMILES string of the molecule is CC[C@H](C)c1ccccc1NC(=O)COc1cc2oc(=O)cc(C)c2cc1Cl. The van der Waals surface area contributed by atoms with Gasteiger partial charge in [-0.1, -0.05) is 43.6 Å². The van der Waals surface area contributed by atoms with Gasteiger partial charge < -0.3 is 14.5 Å². The molecule has 0 bridgehead atoms. The molecule has 1 amide bonds. The molecule has 3 rings (SSSR count). The molecular formula is C22H22ClNO4. The number of hydrogen-bond acceptors (Lipinski definition) is 4. The van der Waals surface area contributed by atoms with E-state index in [1.54, 1.807) is 13.0 Å². The molecule has 1 atom stereocenters. The van der Waals surface area contributed by atoms with Crippen molar-refractivity contribution in [1.29, 1.82) is 0 Å². The van der Waals surface area contributed by atoms with Gasteiger partial charge in [0.15, 0.2) is 6.61 Å². The Labute approximate surface area is 168 Å². The molecule has 0 unspecified atom stereocenters. The smallest absolute Gasteiger partial charge is 0.336 e. The molecule has 2 aromatic carbocycles. The van der Waals surface area contributed by atoms with Gasteiger partial charge in [0, 0.05) is 23.2 Å². The number of carbonyl (C=O) groups is 1. The van der Waals surface area contributed by atoms with Crippen molar-refractivity contribution < 1.29 is 13.9 Å². The maximum absolute atomic E-state index is 12.4. The van der Waals surface area contributed by atoms with Gasteiger partial charge in [-0.05, 0) is 42.5 Å². The van der Waals surface area contributed by atoms with Gasteiger partial charge in [-0.15, -0.1) is 0 Å². The summed E-state index contributed by atoms with van der Waals surface area (Å²) in [6.45, 7) is 5.81. The Kier molecular flexibility index (Phi) is 6.05. The molecule has 146 valence electrons. The molecule has 0 saturated heterocycles. The zero-order valence-electron chi connectivity index (χ0n) is 16.0. The molecule has 0 fully saturated rings. The van der Waals surface area contributed by atoms with Crippen molar-refractivity contribution >= 4 is 34.2 Å². The summed E-state index contributed by atoms with van der Waals surface area (Å²) in [4.78, 5) is 24.0. The largest absolute Gasteiger partial charge is 0.482 e. The predicted molar refractivity (Wildman–Crippen MR) is 112 cm³/mol. The van der Waals surface area contributed by atoms with Gasteiger partial charge in [-0.25, -0.2) is 4.79 Å². The molecule has 28 heavy (non-hydrogen) atoms. The fraction of sp³-hybridized carbons (Fsp3) is 0.273. The lowest BCUT2D eigenvalue weighted by atomic mass is 9.97. The zero-order chi connectivity index (χ0) is 20.3. The van der Waals surface area contributed by atoms with Crippen LogP contribution < -0.4 is 15.7 Å². The second-order valence-electron chi connectivity index (χ2n) is 6.76. The van der Waals surface area contributed by atoms with Crippen molar-refractivity contribution in [3.8, 4) is 5.75 Å². The van der Waals surface area contributed by atoms with E-state index in [-0.39, 0.29) is 18.3 Å². The maximum Gasteiger partial charge on any atom is 0.336 e. The highest BCUT2D eigenvalue weighted by atomic mass is 35.5. The fourth-order valence-corrected chi connectivity index (χ4v) is 3.24. The van der Waals surface area contributed by atoms with Crippen molar-refractivity contribution in [2.45, 2.75) is 33.1 Å². The number of carbonyl (C=O) groups excluding carboxylic acids is 1. The first-order valence-corrected chi connectivity index (χ1v) is 9.52. The van der Waals surface area contributed by atoms with Crippen LogP contribution in [0.3, 0.4) is 0 Å². The summed E-state index contributed by atoms with van der Waals surface area (Å²) in [6.07, 6.45) is 0.973. The molecule has 0 spiro atoms. The summed E-state index contributed by atoms with van der Waals surface area (Å²) in [7, 11) is 0. The molecule has 1 heterocycles. The topological polar surface area (TPSA) is 68.5 Å². The minimum Gasteiger partial charge on any atom is -0.482 e. The molecule has 0 saturated carbocycles. The van der Waals surface area contributed by atoms with E-state index in [9.17, 15) is 9.59 Å². The van der Waals surface area contributed by atoms with Crippen LogP contribution in [0, 0.1) is 6.92 Å². The fourth-order valence-electron chi connectivity index (χ4n) is 3.02. The number of para-hydroxylation sites is 1. The van der Waals surface area contributed by atoms with Gasteiger partial charge in [-0.3, -0.25) is 4.79 Å². The normalized spacial score (nSPS) is 12.0. The Bertz CT molecular complexity index is 1070. The first-order chi connectivity index (χ1) is 13.4. The molecule has 6 heteroatoms. The highest BCUT2D eigenvalue weighted by Gasteiger charge is 2.13. The van der Waals surface area contributed by atoms with Crippen LogP contribution in [0.4, 0.5) is 5.69 Å². The minimum absolute atomic E-state index is 0.212. The van der Waals surface area contributed by atoms with Crippen molar-refractivity contribution in [2.24, 2.45) is 0 Å². The van der Waals surface area contributed by atoms with E-state index >= 15 is 0 Å². The van der Waals surface area contributed by atoms with Crippen molar-refractivity contribution in [3.63, 3.8) is 0 Å². The highest BCUT2D eigenvalue weighted by molar-refractivity contribution is 6.32. The number of benzene rings is 2. The van der Waals surface area contributed by atoms with Gasteiger partial charge in [0.05, 0.1) is 5.02 Å². The van der Waals surface area contributed by atoms with Crippen molar-refractivity contribution in [3.05, 3.63) is 69.0 Å². The Morgan fingerprint density at radius 3 is 2.75 bits per heavy atom.